The minimum atomic E-state index is -0.627. The van der Waals surface area contributed by atoms with E-state index in [1.54, 1.807) is 26.8 Å². The van der Waals surface area contributed by atoms with Crippen LogP contribution in [0.25, 0.3) is 0 Å². The first-order chi connectivity index (χ1) is 9.29. The highest BCUT2D eigenvalue weighted by molar-refractivity contribution is 5.92. The maximum Gasteiger partial charge on any atom is 0.415 e. The summed E-state index contributed by atoms with van der Waals surface area (Å²) >= 11 is 0. The number of ether oxygens (including phenoxy) is 1. The van der Waals surface area contributed by atoms with E-state index in [4.69, 9.17) is 4.74 Å². The normalized spacial score (nSPS) is 14.7. The van der Waals surface area contributed by atoms with E-state index in [9.17, 15) is 14.9 Å². The minimum Gasteiger partial charge on any atom is -0.443 e. The Kier molecular flexibility index (Phi) is 3.65. The Morgan fingerprint density at radius 3 is 2.70 bits per heavy atom. The van der Waals surface area contributed by atoms with Crippen LogP contribution >= 0.6 is 0 Å². The van der Waals surface area contributed by atoms with Gasteiger partial charge in [-0.15, -0.1) is 0 Å². The van der Waals surface area contributed by atoms with Crippen LogP contribution in [0.3, 0.4) is 0 Å². The summed E-state index contributed by atoms with van der Waals surface area (Å²) < 4.78 is 5.33. The number of rotatable bonds is 1. The summed E-state index contributed by atoms with van der Waals surface area (Å²) in [4.78, 5) is 24.3. The summed E-state index contributed by atoms with van der Waals surface area (Å²) in [5.41, 5.74) is 0.514. The largest absolute Gasteiger partial charge is 0.443 e. The lowest BCUT2D eigenvalue weighted by molar-refractivity contribution is -0.384. The molecule has 0 aromatic heterocycles. The third-order valence-electron chi connectivity index (χ3n) is 3.01. The highest BCUT2D eigenvalue weighted by Gasteiger charge is 2.32. The second-order valence-corrected chi connectivity index (χ2v) is 5.78. The number of carbonyl (C=O) groups excluding carboxylic acids is 1. The van der Waals surface area contributed by atoms with E-state index in [2.05, 4.69) is 0 Å². The molecule has 6 heteroatoms. The molecule has 0 unspecified atom stereocenters. The predicted octanol–water partition coefficient (Wildman–Crippen LogP) is 3.28. The molecule has 1 aliphatic rings. The summed E-state index contributed by atoms with van der Waals surface area (Å²) in [7, 11) is 0. The summed E-state index contributed by atoms with van der Waals surface area (Å²) in [6.45, 7) is 5.76. The summed E-state index contributed by atoms with van der Waals surface area (Å²) in [5, 5.41) is 11.2. The van der Waals surface area contributed by atoms with Crippen LogP contribution in [0.5, 0.6) is 0 Å². The topological polar surface area (TPSA) is 72.7 Å². The van der Waals surface area contributed by atoms with Crippen LogP contribution in [-0.4, -0.2) is 23.2 Å². The van der Waals surface area contributed by atoms with E-state index in [-0.39, 0.29) is 5.69 Å². The molecule has 0 radical (unpaired) electrons. The predicted molar refractivity (Wildman–Crippen MR) is 75.0 cm³/mol. The van der Waals surface area contributed by atoms with Gasteiger partial charge in [-0.25, -0.2) is 4.79 Å². The molecule has 0 bridgehead atoms. The van der Waals surface area contributed by atoms with Crippen LogP contribution in [0.2, 0.25) is 0 Å². The van der Waals surface area contributed by atoms with Crippen molar-refractivity contribution in [2.75, 3.05) is 11.4 Å². The van der Waals surface area contributed by atoms with Crippen molar-refractivity contribution < 1.29 is 14.5 Å². The van der Waals surface area contributed by atoms with Gasteiger partial charge in [-0.05, 0) is 39.2 Å². The molecule has 20 heavy (non-hydrogen) atoms. The molecule has 0 fully saturated rings. The summed E-state index contributed by atoms with van der Waals surface area (Å²) in [6.07, 6.45) is 0.969. The maximum atomic E-state index is 12.2. The van der Waals surface area contributed by atoms with E-state index >= 15 is 0 Å². The number of anilines is 1. The van der Waals surface area contributed by atoms with E-state index < -0.39 is 16.6 Å². The standard InChI is InChI=1S/C14H18N2O4/c1-14(2,3)20-13(17)15-9-5-7-10-6-4-8-11(12(10)15)16(18)19/h4,6,8H,5,7,9H2,1-3H3. The molecule has 1 aliphatic heterocycles. The van der Waals surface area contributed by atoms with Crippen LogP contribution in [0.4, 0.5) is 16.2 Å². The molecular formula is C14H18N2O4. The molecule has 0 spiro atoms. The molecule has 0 atom stereocenters. The van der Waals surface area contributed by atoms with Gasteiger partial charge in [0.2, 0.25) is 0 Å². The first kappa shape index (κ1) is 14.3. The second kappa shape index (κ2) is 5.11. The number of hydrogen-bond acceptors (Lipinski definition) is 4. The number of benzene rings is 1. The Labute approximate surface area is 117 Å². The average Bonchev–Trinajstić information content (AvgIpc) is 2.35. The number of hydrogen-bond donors (Lipinski definition) is 0. The lowest BCUT2D eigenvalue weighted by Gasteiger charge is -2.31. The van der Waals surface area contributed by atoms with Gasteiger partial charge in [0, 0.05) is 12.6 Å². The Morgan fingerprint density at radius 2 is 2.10 bits per heavy atom. The summed E-state index contributed by atoms with van der Waals surface area (Å²) in [6, 6.07) is 4.88. The first-order valence-corrected chi connectivity index (χ1v) is 6.56. The van der Waals surface area contributed by atoms with Crippen LogP contribution in [-0.2, 0) is 11.2 Å². The quantitative estimate of drug-likeness (QED) is 0.583. The van der Waals surface area contributed by atoms with Gasteiger partial charge in [-0.2, -0.15) is 0 Å². The smallest absolute Gasteiger partial charge is 0.415 e. The van der Waals surface area contributed by atoms with Crippen LogP contribution in [0.15, 0.2) is 18.2 Å². The molecule has 1 amide bonds. The molecule has 6 nitrogen and oxygen atoms in total. The number of aryl methyl sites for hydroxylation is 1. The first-order valence-electron chi connectivity index (χ1n) is 6.56. The van der Waals surface area contributed by atoms with Crippen molar-refractivity contribution in [1.82, 2.24) is 0 Å². The Hall–Kier alpha value is -2.11. The second-order valence-electron chi connectivity index (χ2n) is 5.78. The highest BCUT2D eigenvalue weighted by atomic mass is 16.6. The van der Waals surface area contributed by atoms with Crippen molar-refractivity contribution >= 4 is 17.5 Å². The molecule has 1 heterocycles. The Bertz CT molecular complexity index is 549. The van der Waals surface area contributed by atoms with Crippen molar-refractivity contribution in [3.05, 3.63) is 33.9 Å². The average molecular weight is 278 g/mol. The van der Waals surface area contributed by atoms with Gasteiger partial charge in [-0.1, -0.05) is 12.1 Å². The zero-order valence-electron chi connectivity index (χ0n) is 11.9. The molecule has 1 aromatic carbocycles. The minimum absolute atomic E-state index is 0.0481. The van der Waals surface area contributed by atoms with Gasteiger partial charge in [0.05, 0.1) is 4.92 Å². The van der Waals surface area contributed by atoms with E-state index in [1.165, 1.54) is 11.0 Å². The molecule has 0 N–H and O–H groups in total. The van der Waals surface area contributed by atoms with Gasteiger partial charge in [0.25, 0.3) is 5.69 Å². The number of para-hydroxylation sites is 1. The molecule has 0 aliphatic carbocycles. The van der Waals surface area contributed by atoms with Crippen LogP contribution in [0, 0.1) is 10.1 Å². The summed E-state index contributed by atoms with van der Waals surface area (Å²) in [5.74, 6) is 0. The number of nitro groups is 1. The number of amides is 1. The lowest BCUT2D eigenvalue weighted by atomic mass is 10.0. The molecule has 0 saturated carbocycles. The number of nitrogens with zero attached hydrogens (tertiary/aromatic N) is 2. The number of nitro benzene ring substituents is 1. The monoisotopic (exact) mass is 278 g/mol. The fourth-order valence-electron chi connectivity index (χ4n) is 2.28. The van der Waals surface area contributed by atoms with E-state index in [1.807, 2.05) is 6.07 Å². The van der Waals surface area contributed by atoms with Gasteiger partial charge in [0.1, 0.15) is 11.3 Å². The number of fused-ring (bicyclic) bond motifs is 1. The van der Waals surface area contributed by atoms with Crippen LogP contribution in [0.1, 0.15) is 32.8 Å². The fraction of sp³-hybridized carbons (Fsp3) is 0.500. The van der Waals surface area contributed by atoms with Gasteiger partial charge in [0.15, 0.2) is 0 Å². The maximum absolute atomic E-state index is 12.2. The van der Waals surface area contributed by atoms with Gasteiger partial charge in [-0.3, -0.25) is 15.0 Å². The third-order valence-corrected chi connectivity index (χ3v) is 3.01. The molecule has 108 valence electrons. The third kappa shape index (κ3) is 2.89. The van der Waals surface area contributed by atoms with Crippen molar-refractivity contribution in [1.29, 1.82) is 0 Å². The zero-order chi connectivity index (χ0) is 14.9. The van der Waals surface area contributed by atoms with Crippen LogP contribution < -0.4 is 4.90 Å². The zero-order valence-corrected chi connectivity index (χ0v) is 11.9. The molecule has 1 aromatic rings. The lowest BCUT2D eigenvalue weighted by Crippen LogP contribution is -2.40. The van der Waals surface area contributed by atoms with E-state index in [0.29, 0.717) is 12.2 Å². The van der Waals surface area contributed by atoms with Gasteiger partial charge < -0.3 is 4.74 Å². The highest BCUT2D eigenvalue weighted by Crippen LogP contribution is 2.36. The Balaban J connectivity index is 2.41. The molecule has 2 rings (SSSR count). The SMILES string of the molecule is CC(C)(C)OC(=O)N1CCCc2cccc([N+](=O)[O-])c21. The van der Waals surface area contributed by atoms with Crippen molar-refractivity contribution in [3.63, 3.8) is 0 Å². The van der Waals surface area contributed by atoms with E-state index in [0.717, 1.165) is 18.4 Å². The molecule has 0 saturated heterocycles. The molecular weight excluding hydrogens is 260 g/mol. The van der Waals surface area contributed by atoms with Crippen molar-refractivity contribution in [2.24, 2.45) is 0 Å². The van der Waals surface area contributed by atoms with Crippen molar-refractivity contribution in [3.8, 4) is 0 Å². The fourth-order valence-corrected chi connectivity index (χ4v) is 2.28. The van der Waals surface area contributed by atoms with Crippen molar-refractivity contribution in [2.45, 2.75) is 39.2 Å². The van der Waals surface area contributed by atoms with Gasteiger partial charge >= 0.3 is 6.09 Å². The number of carbonyl (C=O) groups is 1. The Morgan fingerprint density at radius 1 is 1.40 bits per heavy atom.